The van der Waals surface area contributed by atoms with Crippen molar-refractivity contribution in [3.8, 4) is 0 Å². The second-order valence-corrected chi connectivity index (χ2v) is 7.78. The Kier molecular flexibility index (Phi) is 12.9. The fourth-order valence-electron chi connectivity index (χ4n) is 3.58. The zero-order valence-electron chi connectivity index (χ0n) is 16.8. The molecule has 0 fully saturated rings. The van der Waals surface area contributed by atoms with Crippen LogP contribution in [-0.2, 0) is 6.42 Å². The van der Waals surface area contributed by atoms with Crippen LogP contribution < -0.4 is 0 Å². The number of aryl methyl sites for hydroxylation is 3. The molecule has 0 radical (unpaired) electrons. The third-order valence-electron chi connectivity index (χ3n) is 5.30. The molecule has 0 heterocycles. The van der Waals surface area contributed by atoms with Crippen LogP contribution in [0.3, 0.4) is 0 Å². The van der Waals surface area contributed by atoms with Gasteiger partial charge in [-0.3, -0.25) is 0 Å². The summed E-state index contributed by atoms with van der Waals surface area (Å²) in [7, 11) is 0. The number of hydrogen-bond acceptors (Lipinski definition) is 0. The van der Waals surface area contributed by atoms with Gasteiger partial charge in [0.2, 0.25) is 0 Å². The Morgan fingerprint density at radius 2 is 1.04 bits per heavy atom. The standard InChI is InChI=1S/C24H42/c1-4-5-6-7-8-9-10-11-12-13-14-15-16-17-18-24-21-22(2)19-20-23(24)3/h19-21H,4-18H2,1-3H3. The summed E-state index contributed by atoms with van der Waals surface area (Å²) in [6.45, 7) is 6.75. The van der Waals surface area contributed by atoms with E-state index in [1.165, 1.54) is 107 Å². The lowest BCUT2D eigenvalue weighted by Gasteiger charge is -2.07. The second-order valence-electron chi connectivity index (χ2n) is 7.78. The number of hydrogen-bond donors (Lipinski definition) is 0. The van der Waals surface area contributed by atoms with Crippen molar-refractivity contribution in [2.24, 2.45) is 0 Å². The lowest BCUT2D eigenvalue weighted by Crippen LogP contribution is -1.91. The minimum Gasteiger partial charge on any atom is -0.0654 e. The van der Waals surface area contributed by atoms with Gasteiger partial charge in [-0.05, 0) is 37.8 Å². The molecule has 1 rings (SSSR count). The summed E-state index contributed by atoms with van der Waals surface area (Å²) in [5.41, 5.74) is 4.44. The van der Waals surface area contributed by atoms with Gasteiger partial charge in [0.1, 0.15) is 0 Å². The van der Waals surface area contributed by atoms with E-state index in [0.29, 0.717) is 0 Å². The van der Waals surface area contributed by atoms with Crippen molar-refractivity contribution < 1.29 is 0 Å². The molecular weight excluding hydrogens is 288 g/mol. The summed E-state index contributed by atoms with van der Waals surface area (Å²) in [6, 6.07) is 6.87. The van der Waals surface area contributed by atoms with E-state index in [4.69, 9.17) is 0 Å². The van der Waals surface area contributed by atoms with Crippen molar-refractivity contribution in [3.63, 3.8) is 0 Å². The second kappa shape index (κ2) is 14.6. The molecule has 0 N–H and O–H groups in total. The van der Waals surface area contributed by atoms with Crippen LogP contribution in [0.15, 0.2) is 18.2 Å². The predicted octanol–water partition coefficient (Wildman–Crippen LogP) is 8.33. The maximum Gasteiger partial charge on any atom is -0.0276 e. The van der Waals surface area contributed by atoms with E-state index in [0.717, 1.165) is 0 Å². The molecule has 0 unspecified atom stereocenters. The Labute approximate surface area is 152 Å². The Morgan fingerprint density at radius 1 is 0.583 bits per heavy atom. The zero-order chi connectivity index (χ0) is 17.5. The van der Waals surface area contributed by atoms with Gasteiger partial charge >= 0.3 is 0 Å². The highest BCUT2D eigenvalue weighted by Gasteiger charge is 1.99. The molecule has 24 heavy (non-hydrogen) atoms. The van der Waals surface area contributed by atoms with Gasteiger partial charge in [0.15, 0.2) is 0 Å². The average molecular weight is 331 g/mol. The van der Waals surface area contributed by atoms with E-state index in [2.05, 4.69) is 39.0 Å². The zero-order valence-corrected chi connectivity index (χ0v) is 16.8. The van der Waals surface area contributed by atoms with Crippen LogP contribution in [0.5, 0.6) is 0 Å². The van der Waals surface area contributed by atoms with E-state index >= 15 is 0 Å². The first-order chi connectivity index (χ1) is 11.7. The highest BCUT2D eigenvalue weighted by Crippen LogP contribution is 2.16. The largest absolute Gasteiger partial charge is 0.0654 e. The SMILES string of the molecule is CCCCCCCCCCCCCCCCc1cc(C)ccc1C. The normalized spacial score (nSPS) is 11.1. The van der Waals surface area contributed by atoms with Crippen LogP contribution in [-0.4, -0.2) is 0 Å². The molecule has 0 aliphatic heterocycles. The minimum absolute atomic E-state index is 1.27. The van der Waals surface area contributed by atoms with E-state index in [1.54, 1.807) is 5.56 Å². The minimum atomic E-state index is 1.27. The van der Waals surface area contributed by atoms with Crippen molar-refractivity contribution in [2.45, 2.75) is 117 Å². The van der Waals surface area contributed by atoms with Crippen LogP contribution in [0.1, 0.15) is 114 Å². The van der Waals surface area contributed by atoms with Crippen LogP contribution in [0.2, 0.25) is 0 Å². The molecule has 0 atom stereocenters. The molecule has 0 aliphatic carbocycles. The van der Waals surface area contributed by atoms with Gasteiger partial charge in [-0.2, -0.15) is 0 Å². The Bertz CT molecular complexity index is 404. The van der Waals surface area contributed by atoms with E-state index in [1.807, 2.05) is 0 Å². The van der Waals surface area contributed by atoms with Crippen molar-refractivity contribution in [1.82, 2.24) is 0 Å². The van der Waals surface area contributed by atoms with Gasteiger partial charge < -0.3 is 0 Å². The summed E-state index contributed by atoms with van der Waals surface area (Å²) < 4.78 is 0. The maximum absolute atomic E-state index is 2.37. The third-order valence-corrected chi connectivity index (χ3v) is 5.30. The summed E-state index contributed by atoms with van der Waals surface area (Å²) in [6.07, 6.45) is 21.4. The molecule has 1 aromatic rings. The quantitative estimate of drug-likeness (QED) is 0.283. The van der Waals surface area contributed by atoms with Gasteiger partial charge in [0.05, 0.1) is 0 Å². The highest BCUT2D eigenvalue weighted by molar-refractivity contribution is 5.30. The molecule has 1 aromatic carbocycles. The van der Waals surface area contributed by atoms with Gasteiger partial charge in [0, 0.05) is 0 Å². The smallest absolute Gasteiger partial charge is 0.0276 e. The Morgan fingerprint density at radius 3 is 1.54 bits per heavy atom. The topological polar surface area (TPSA) is 0 Å². The van der Waals surface area contributed by atoms with Crippen LogP contribution in [0, 0.1) is 13.8 Å². The Balaban J connectivity index is 1.85. The number of unbranched alkanes of at least 4 members (excludes halogenated alkanes) is 13. The molecule has 0 saturated carbocycles. The average Bonchev–Trinajstić information content (AvgIpc) is 2.58. The van der Waals surface area contributed by atoms with Crippen LogP contribution in [0.25, 0.3) is 0 Å². The monoisotopic (exact) mass is 330 g/mol. The molecule has 0 spiro atoms. The maximum atomic E-state index is 2.37. The highest BCUT2D eigenvalue weighted by atomic mass is 14.0. The summed E-state index contributed by atoms with van der Waals surface area (Å²) >= 11 is 0. The van der Waals surface area contributed by atoms with Gasteiger partial charge in [-0.1, -0.05) is 114 Å². The van der Waals surface area contributed by atoms with Gasteiger partial charge in [-0.25, -0.2) is 0 Å². The molecule has 0 amide bonds. The fourth-order valence-corrected chi connectivity index (χ4v) is 3.58. The van der Waals surface area contributed by atoms with Crippen LogP contribution in [0.4, 0.5) is 0 Å². The molecule has 0 heteroatoms. The fraction of sp³-hybridized carbons (Fsp3) is 0.750. The molecule has 0 bridgehead atoms. The lowest BCUT2D eigenvalue weighted by atomic mass is 9.99. The van der Waals surface area contributed by atoms with Crippen molar-refractivity contribution in [1.29, 1.82) is 0 Å². The van der Waals surface area contributed by atoms with Gasteiger partial charge in [0.25, 0.3) is 0 Å². The molecule has 138 valence electrons. The van der Waals surface area contributed by atoms with E-state index < -0.39 is 0 Å². The third kappa shape index (κ3) is 10.9. The number of rotatable bonds is 15. The first kappa shape index (κ1) is 21.3. The summed E-state index contributed by atoms with van der Waals surface area (Å²) in [4.78, 5) is 0. The van der Waals surface area contributed by atoms with Crippen molar-refractivity contribution in [3.05, 3.63) is 34.9 Å². The molecule has 0 aliphatic rings. The van der Waals surface area contributed by atoms with Crippen LogP contribution >= 0.6 is 0 Å². The summed E-state index contributed by atoms with van der Waals surface area (Å²) in [5.74, 6) is 0. The van der Waals surface area contributed by atoms with Gasteiger partial charge in [-0.15, -0.1) is 0 Å². The first-order valence-corrected chi connectivity index (χ1v) is 10.8. The molecule has 0 saturated heterocycles. The predicted molar refractivity (Wildman–Crippen MR) is 110 cm³/mol. The molecule has 0 nitrogen and oxygen atoms in total. The number of benzene rings is 1. The van der Waals surface area contributed by atoms with Crippen molar-refractivity contribution >= 4 is 0 Å². The molecule has 0 aromatic heterocycles. The molecular formula is C24H42. The van der Waals surface area contributed by atoms with Crippen molar-refractivity contribution in [2.75, 3.05) is 0 Å². The van der Waals surface area contributed by atoms with E-state index in [9.17, 15) is 0 Å². The summed E-state index contributed by atoms with van der Waals surface area (Å²) in [5, 5.41) is 0. The first-order valence-electron chi connectivity index (χ1n) is 10.8. The van der Waals surface area contributed by atoms with E-state index in [-0.39, 0.29) is 0 Å². The Hall–Kier alpha value is -0.780. The lowest BCUT2D eigenvalue weighted by molar-refractivity contribution is 0.535.